The van der Waals surface area contributed by atoms with Gasteiger partial charge in [0.05, 0.1) is 0 Å². The molecular formula is C20H27NO. The first-order valence-corrected chi connectivity index (χ1v) is 9.34. The van der Waals surface area contributed by atoms with Gasteiger partial charge in [-0.3, -0.25) is 9.79 Å². The lowest BCUT2D eigenvalue weighted by atomic mass is 9.48. The van der Waals surface area contributed by atoms with Crippen molar-refractivity contribution in [2.75, 3.05) is 0 Å². The predicted octanol–water partition coefficient (Wildman–Crippen LogP) is 4.20. The molecule has 3 saturated carbocycles. The fourth-order valence-electron chi connectivity index (χ4n) is 7.14. The second-order valence-corrected chi connectivity index (χ2v) is 9.04. The quantitative estimate of drug-likeness (QED) is 0.659. The van der Waals surface area contributed by atoms with Gasteiger partial charge < -0.3 is 0 Å². The van der Waals surface area contributed by atoms with Gasteiger partial charge in [0, 0.05) is 18.1 Å². The first kappa shape index (κ1) is 13.5. The van der Waals surface area contributed by atoms with Crippen molar-refractivity contribution in [2.45, 2.75) is 64.3 Å². The summed E-state index contributed by atoms with van der Waals surface area (Å²) >= 11 is 0. The Morgan fingerprint density at radius 3 is 2.82 bits per heavy atom. The Labute approximate surface area is 133 Å². The number of allylic oxidation sites excluding steroid dienone is 1. The molecule has 5 rings (SSSR count). The minimum atomic E-state index is 0.265. The summed E-state index contributed by atoms with van der Waals surface area (Å²) < 4.78 is 0. The van der Waals surface area contributed by atoms with Crippen LogP contribution in [0.4, 0.5) is 0 Å². The highest BCUT2D eigenvalue weighted by molar-refractivity contribution is 5.91. The van der Waals surface area contributed by atoms with Gasteiger partial charge in [-0.2, -0.15) is 0 Å². The van der Waals surface area contributed by atoms with E-state index in [9.17, 15) is 4.79 Å². The SMILES string of the molecule is C[C@@H]1CC2=CC(=O)CC[C@@H]2[C@H]2CC[C@@]3(C)[C@@H](CC[C@@]34C=N4)[C@@H]21. The number of rotatable bonds is 0. The Morgan fingerprint density at radius 1 is 1.23 bits per heavy atom. The number of fused-ring (bicyclic) bond motifs is 6. The Bertz CT molecular complexity index is 597. The van der Waals surface area contributed by atoms with Crippen molar-refractivity contribution in [1.29, 1.82) is 0 Å². The minimum Gasteiger partial charge on any atom is -0.295 e. The Hall–Kier alpha value is -0.920. The second-order valence-electron chi connectivity index (χ2n) is 9.04. The van der Waals surface area contributed by atoms with E-state index in [0.29, 0.717) is 11.2 Å². The highest BCUT2D eigenvalue weighted by Crippen LogP contribution is 2.68. The molecule has 0 aromatic rings. The summed E-state index contributed by atoms with van der Waals surface area (Å²) in [6, 6.07) is 0. The van der Waals surface area contributed by atoms with E-state index in [2.05, 4.69) is 20.1 Å². The third kappa shape index (κ3) is 1.52. The van der Waals surface area contributed by atoms with Gasteiger partial charge in [-0.1, -0.05) is 19.4 Å². The summed E-state index contributed by atoms with van der Waals surface area (Å²) in [6.07, 6.45) is 12.8. The largest absolute Gasteiger partial charge is 0.295 e. The van der Waals surface area contributed by atoms with E-state index in [4.69, 9.17) is 4.99 Å². The molecule has 0 unspecified atom stereocenters. The minimum absolute atomic E-state index is 0.265. The van der Waals surface area contributed by atoms with Crippen LogP contribution in [0.1, 0.15) is 58.8 Å². The number of ketones is 1. The highest BCUT2D eigenvalue weighted by atomic mass is 16.1. The zero-order valence-corrected chi connectivity index (χ0v) is 13.8. The lowest BCUT2D eigenvalue weighted by molar-refractivity contribution is -0.116. The lowest BCUT2D eigenvalue weighted by Crippen LogP contribution is -2.51. The van der Waals surface area contributed by atoms with Gasteiger partial charge in [0.2, 0.25) is 0 Å². The Balaban J connectivity index is 1.51. The molecule has 118 valence electrons. The molecule has 0 bridgehead atoms. The van der Waals surface area contributed by atoms with E-state index >= 15 is 0 Å². The number of carbonyl (C=O) groups excluding carboxylic acids is 1. The first-order chi connectivity index (χ1) is 10.5. The standard InChI is InChI=1S/C20H27NO/c1-12-9-13-10-14(22)3-4-15(13)16-5-7-19(2)17(18(12)16)6-8-20(19)11-21-20/h10-12,15-18H,3-9H2,1-2H3/t12-,15+,16-,17+,18-,19+,20-/m1/s1. The monoisotopic (exact) mass is 297 g/mol. The molecule has 1 heterocycles. The van der Waals surface area contributed by atoms with E-state index in [1.165, 1.54) is 37.7 Å². The summed E-state index contributed by atoms with van der Waals surface area (Å²) in [5, 5.41) is 0. The lowest BCUT2D eigenvalue weighted by Gasteiger charge is -2.56. The molecule has 22 heavy (non-hydrogen) atoms. The maximum atomic E-state index is 11.8. The Morgan fingerprint density at radius 2 is 2.05 bits per heavy atom. The number of hydrogen-bond donors (Lipinski definition) is 0. The van der Waals surface area contributed by atoms with Crippen LogP contribution in [0.5, 0.6) is 0 Å². The molecule has 0 radical (unpaired) electrons. The molecule has 0 aromatic heterocycles. The summed E-state index contributed by atoms with van der Waals surface area (Å²) in [5.74, 6) is 4.43. The van der Waals surface area contributed by atoms with Crippen LogP contribution in [-0.4, -0.2) is 17.5 Å². The molecule has 2 heteroatoms. The normalized spacial score (nSPS) is 55.5. The third-order valence-corrected chi connectivity index (χ3v) is 8.30. The average molecular weight is 297 g/mol. The molecule has 3 fully saturated rings. The molecule has 0 amide bonds. The number of nitrogens with zero attached hydrogens (tertiary/aromatic N) is 1. The maximum Gasteiger partial charge on any atom is 0.155 e. The van der Waals surface area contributed by atoms with Crippen molar-refractivity contribution in [3.8, 4) is 0 Å². The van der Waals surface area contributed by atoms with E-state index < -0.39 is 0 Å². The van der Waals surface area contributed by atoms with Gasteiger partial charge in [0.25, 0.3) is 0 Å². The zero-order valence-electron chi connectivity index (χ0n) is 13.8. The molecule has 7 atom stereocenters. The molecule has 0 saturated heterocycles. The van der Waals surface area contributed by atoms with E-state index in [1.807, 2.05) is 6.08 Å². The van der Waals surface area contributed by atoms with Crippen molar-refractivity contribution < 1.29 is 4.79 Å². The third-order valence-electron chi connectivity index (χ3n) is 8.30. The second kappa shape index (κ2) is 4.13. The van der Waals surface area contributed by atoms with E-state index in [1.54, 1.807) is 0 Å². The number of carbonyl (C=O) groups is 1. The topological polar surface area (TPSA) is 29.4 Å². The first-order valence-electron chi connectivity index (χ1n) is 9.34. The zero-order chi connectivity index (χ0) is 15.1. The van der Waals surface area contributed by atoms with Crippen LogP contribution in [0.15, 0.2) is 16.6 Å². The number of hydrogen-bond acceptors (Lipinski definition) is 2. The molecule has 0 N–H and O–H groups in total. The van der Waals surface area contributed by atoms with Crippen LogP contribution in [0.3, 0.4) is 0 Å². The summed E-state index contributed by atoms with van der Waals surface area (Å²) in [4.78, 5) is 16.6. The van der Waals surface area contributed by atoms with Crippen molar-refractivity contribution >= 4 is 12.0 Å². The molecule has 1 spiro atoms. The van der Waals surface area contributed by atoms with Crippen LogP contribution < -0.4 is 0 Å². The molecule has 5 aliphatic rings. The predicted molar refractivity (Wildman–Crippen MR) is 87.9 cm³/mol. The summed E-state index contributed by atoms with van der Waals surface area (Å²) in [5.41, 5.74) is 2.21. The highest BCUT2D eigenvalue weighted by Gasteiger charge is 2.66. The smallest absolute Gasteiger partial charge is 0.155 e. The van der Waals surface area contributed by atoms with Crippen molar-refractivity contribution in [3.05, 3.63) is 11.6 Å². The van der Waals surface area contributed by atoms with Gasteiger partial charge in [0.15, 0.2) is 5.78 Å². The van der Waals surface area contributed by atoms with E-state index in [-0.39, 0.29) is 5.54 Å². The molecule has 2 nitrogen and oxygen atoms in total. The average Bonchev–Trinajstić information content (AvgIpc) is 3.21. The van der Waals surface area contributed by atoms with E-state index in [0.717, 1.165) is 42.4 Å². The number of aliphatic imine (C=N–C) groups is 1. The van der Waals surface area contributed by atoms with Crippen LogP contribution >= 0.6 is 0 Å². The summed E-state index contributed by atoms with van der Waals surface area (Å²) in [7, 11) is 0. The van der Waals surface area contributed by atoms with Crippen molar-refractivity contribution in [3.63, 3.8) is 0 Å². The molecule has 4 aliphatic carbocycles. The van der Waals surface area contributed by atoms with Gasteiger partial charge >= 0.3 is 0 Å². The molecule has 0 aromatic carbocycles. The molecular weight excluding hydrogens is 270 g/mol. The van der Waals surface area contributed by atoms with Crippen LogP contribution in [0.2, 0.25) is 0 Å². The van der Waals surface area contributed by atoms with Crippen molar-refractivity contribution in [2.24, 2.45) is 40.0 Å². The van der Waals surface area contributed by atoms with Crippen molar-refractivity contribution in [1.82, 2.24) is 0 Å². The fourth-order valence-corrected chi connectivity index (χ4v) is 7.14. The van der Waals surface area contributed by atoms with Gasteiger partial charge in [0.1, 0.15) is 5.54 Å². The summed E-state index contributed by atoms with van der Waals surface area (Å²) in [6.45, 7) is 4.99. The van der Waals surface area contributed by atoms with Crippen LogP contribution in [0, 0.1) is 35.0 Å². The van der Waals surface area contributed by atoms with Gasteiger partial charge in [-0.25, -0.2) is 0 Å². The van der Waals surface area contributed by atoms with Gasteiger partial charge in [-0.15, -0.1) is 0 Å². The Kier molecular flexibility index (Phi) is 2.54. The fraction of sp³-hybridized carbons (Fsp3) is 0.800. The molecule has 1 aliphatic heterocycles. The van der Waals surface area contributed by atoms with Crippen LogP contribution in [-0.2, 0) is 4.79 Å². The van der Waals surface area contributed by atoms with Gasteiger partial charge in [-0.05, 0) is 74.2 Å². The van der Waals surface area contributed by atoms with Crippen LogP contribution in [0.25, 0.3) is 0 Å². The maximum absolute atomic E-state index is 11.8.